The lowest BCUT2D eigenvalue weighted by Crippen LogP contribution is -2.19. The first kappa shape index (κ1) is 16.3. The van der Waals surface area contributed by atoms with E-state index >= 15 is 0 Å². The average Bonchev–Trinajstić information content (AvgIpc) is 3.16. The van der Waals surface area contributed by atoms with E-state index < -0.39 is 0 Å². The SMILES string of the molecule is Cc1ccc(-c2noc(-c3ccccc3OCCN(C)C)n2)n1C. The summed E-state index contributed by atoms with van der Waals surface area (Å²) < 4.78 is 13.4. The van der Waals surface area contributed by atoms with Gasteiger partial charge in [0.05, 0.1) is 11.3 Å². The van der Waals surface area contributed by atoms with Crippen molar-refractivity contribution >= 4 is 0 Å². The summed E-state index contributed by atoms with van der Waals surface area (Å²) in [6.45, 7) is 3.48. The van der Waals surface area contributed by atoms with Crippen molar-refractivity contribution < 1.29 is 9.26 Å². The second kappa shape index (κ2) is 6.88. The molecule has 2 aromatic heterocycles. The minimum atomic E-state index is 0.462. The summed E-state index contributed by atoms with van der Waals surface area (Å²) in [5.41, 5.74) is 2.87. The first-order valence-corrected chi connectivity index (χ1v) is 7.89. The Bertz CT molecular complexity index is 820. The van der Waals surface area contributed by atoms with Crippen molar-refractivity contribution in [3.8, 4) is 28.7 Å². The molecule has 24 heavy (non-hydrogen) atoms. The van der Waals surface area contributed by atoms with E-state index in [1.165, 1.54) is 0 Å². The molecule has 0 N–H and O–H groups in total. The second-order valence-electron chi connectivity index (χ2n) is 5.99. The third kappa shape index (κ3) is 3.33. The highest BCUT2D eigenvalue weighted by Gasteiger charge is 2.16. The Labute approximate surface area is 141 Å². The molecule has 0 aliphatic rings. The number of rotatable bonds is 6. The molecular formula is C18H22N4O2. The number of para-hydroxylation sites is 1. The lowest BCUT2D eigenvalue weighted by Gasteiger charge is -2.12. The summed E-state index contributed by atoms with van der Waals surface area (Å²) in [6.07, 6.45) is 0. The molecule has 0 spiro atoms. The smallest absolute Gasteiger partial charge is 0.262 e. The van der Waals surface area contributed by atoms with Crippen molar-refractivity contribution in [2.45, 2.75) is 6.92 Å². The van der Waals surface area contributed by atoms with Gasteiger partial charge in [-0.1, -0.05) is 17.3 Å². The van der Waals surface area contributed by atoms with Crippen LogP contribution in [0.5, 0.6) is 5.75 Å². The van der Waals surface area contributed by atoms with E-state index in [1.807, 2.05) is 69.0 Å². The fourth-order valence-electron chi connectivity index (χ4n) is 2.38. The van der Waals surface area contributed by atoms with E-state index in [0.29, 0.717) is 18.3 Å². The molecule has 6 nitrogen and oxygen atoms in total. The van der Waals surface area contributed by atoms with Crippen molar-refractivity contribution in [1.29, 1.82) is 0 Å². The van der Waals surface area contributed by atoms with Crippen LogP contribution >= 0.6 is 0 Å². The van der Waals surface area contributed by atoms with Gasteiger partial charge in [-0.2, -0.15) is 4.98 Å². The van der Waals surface area contributed by atoms with Crippen LogP contribution in [0.15, 0.2) is 40.9 Å². The third-order valence-electron chi connectivity index (χ3n) is 3.94. The lowest BCUT2D eigenvalue weighted by atomic mass is 10.2. The Morgan fingerprint density at radius 1 is 1.17 bits per heavy atom. The van der Waals surface area contributed by atoms with Crippen LogP contribution in [0.25, 0.3) is 23.0 Å². The Hall–Kier alpha value is -2.60. The maximum atomic E-state index is 5.87. The van der Waals surface area contributed by atoms with Gasteiger partial charge in [-0.15, -0.1) is 0 Å². The van der Waals surface area contributed by atoms with Gasteiger partial charge in [-0.3, -0.25) is 0 Å². The normalized spacial score (nSPS) is 11.2. The van der Waals surface area contributed by atoms with Gasteiger partial charge in [-0.25, -0.2) is 0 Å². The van der Waals surface area contributed by atoms with E-state index in [1.54, 1.807) is 0 Å². The molecule has 0 aliphatic heterocycles. The number of hydrogen-bond acceptors (Lipinski definition) is 5. The first-order chi connectivity index (χ1) is 11.6. The van der Waals surface area contributed by atoms with E-state index in [2.05, 4.69) is 15.0 Å². The predicted octanol–water partition coefficient (Wildman–Crippen LogP) is 2.99. The molecule has 126 valence electrons. The van der Waals surface area contributed by atoms with Crippen molar-refractivity contribution in [1.82, 2.24) is 19.6 Å². The van der Waals surface area contributed by atoms with Gasteiger partial charge >= 0.3 is 0 Å². The number of ether oxygens (including phenoxy) is 1. The van der Waals surface area contributed by atoms with Crippen LogP contribution in [-0.2, 0) is 7.05 Å². The van der Waals surface area contributed by atoms with Crippen LogP contribution in [0, 0.1) is 6.92 Å². The fraction of sp³-hybridized carbons (Fsp3) is 0.333. The van der Waals surface area contributed by atoms with Crippen LogP contribution in [0.1, 0.15) is 5.69 Å². The minimum absolute atomic E-state index is 0.462. The monoisotopic (exact) mass is 326 g/mol. The number of benzene rings is 1. The number of hydrogen-bond donors (Lipinski definition) is 0. The Balaban J connectivity index is 1.86. The zero-order valence-corrected chi connectivity index (χ0v) is 14.5. The van der Waals surface area contributed by atoms with Gasteiger partial charge in [0.1, 0.15) is 12.4 Å². The quantitative estimate of drug-likeness (QED) is 0.697. The molecule has 6 heteroatoms. The number of nitrogens with zero attached hydrogens (tertiary/aromatic N) is 4. The Morgan fingerprint density at radius 3 is 2.67 bits per heavy atom. The van der Waals surface area contributed by atoms with Gasteiger partial charge in [0.15, 0.2) is 0 Å². The molecule has 0 amide bonds. The second-order valence-corrected chi connectivity index (χ2v) is 5.99. The minimum Gasteiger partial charge on any atom is -0.491 e. The summed E-state index contributed by atoms with van der Waals surface area (Å²) in [4.78, 5) is 6.61. The molecule has 0 fully saturated rings. The predicted molar refractivity (Wildman–Crippen MR) is 92.9 cm³/mol. The van der Waals surface area contributed by atoms with Gasteiger partial charge in [0.25, 0.3) is 5.89 Å². The maximum absolute atomic E-state index is 5.87. The largest absolute Gasteiger partial charge is 0.491 e. The topological polar surface area (TPSA) is 56.3 Å². The third-order valence-corrected chi connectivity index (χ3v) is 3.94. The van der Waals surface area contributed by atoms with E-state index in [0.717, 1.165) is 29.2 Å². The summed E-state index contributed by atoms with van der Waals surface area (Å²) in [5.74, 6) is 1.78. The fourth-order valence-corrected chi connectivity index (χ4v) is 2.38. The standard InChI is InChI=1S/C18H22N4O2/c1-13-9-10-15(22(13)4)17-19-18(24-20-17)14-7-5-6-8-16(14)23-12-11-21(2)3/h5-10H,11-12H2,1-4H3. The molecule has 0 saturated heterocycles. The summed E-state index contributed by atoms with van der Waals surface area (Å²) in [5, 5.41) is 4.12. The van der Waals surface area contributed by atoms with Crippen molar-refractivity contribution in [3.05, 3.63) is 42.1 Å². The molecule has 3 rings (SSSR count). The van der Waals surface area contributed by atoms with E-state index in [9.17, 15) is 0 Å². The molecule has 2 heterocycles. The molecule has 0 bridgehead atoms. The highest BCUT2D eigenvalue weighted by Crippen LogP contribution is 2.30. The highest BCUT2D eigenvalue weighted by atomic mass is 16.5. The number of likely N-dealkylation sites (N-methyl/N-ethyl adjacent to an activating group) is 1. The Kier molecular flexibility index (Phi) is 4.66. The Morgan fingerprint density at radius 2 is 1.96 bits per heavy atom. The molecule has 0 radical (unpaired) electrons. The molecule has 0 unspecified atom stereocenters. The summed E-state index contributed by atoms with van der Waals surface area (Å²) >= 11 is 0. The lowest BCUT2D eigenvalue weighted by molar-refractivity contribution is 0.261. The van der Waals surface area contributed by atoms with E-state index in [-0.39, 0.29) is 0 Å². The first-order valence-electron chi connectivity index (χ1n) is 7.89. The molecule has 0 aliphatic carbocycles. The molecule has 3 aromatic rings. The van der Waals surface area contributed by atoms with Crippen molar-refractivity contribution in [2.75, 3.05) is 27.2 Å². The molecule has 0 saturated carbocycles. The van der Waals surface area contributed by atoms with Crippen LogP contribution in [0.4, 0.5) is 0 Å². The van der Waals surface area contributed by atoms with Gasteiger partial charge in [-0.05, 0) is 45.3 Å². The van der Waals surface area contributed by atoms with Crippen molar-refractivity contribution in [3.63, 3.8) is 0 Å². The van der Waals surface area contributed by atoms with Crippen LogP contribution in [0.2, 0.25) is 0 Å². The molecule has 0 atom stereocenters. The number of aromatic nitrogens is 3. The molecule has 1 aromatic carbocycles. The number of aryl methyl sites for hydroxylation is 1. The zero-order chi connectivity index (χ0) is 17.1. The maximum Gasteiger partial charge on any atom is 0.262 e. The molecular weight excluding hydrogens is 304 g/mol. The average molecular weight is 326 g/mol. The summed E-state index contributed by atoms with van der Waals surface area (Å²) in [6, 6.07) is 11.7. The van der Waals surface area contributed by atoms with Gasteiger partial charge in [0, 0.05) is 19.3 Å². The van der Waals surface area contributed by atoms with Crippen LogP contribution < -0.4 is 4.74 Å². The van der Waals surface area contributed by atoms with Gasteiger partial charge in [0.2, 0.25) is 5.82 Å². The summed E-state index contributed by atoms with van der Waals surface area (Å²) in [7, 11) is 6.02. The van der Waals surface area contributed by atoms with E-state index in [4.69, 9.17) is 9.26 Å². The van der Waals surface area contributed by atoms with Gasteiger partial charge < -0.3 is 18.7 Å². The van der Waals surface area contributed by atoms with Crippen LogP contribution in [-0.4, -0.2) is 46.9 Å². The van der Waals surface area contributed by atoms with Crippen LogP contribution in [0.3, 0.4) is 0 Å². The zero-order valence-electron chi connectivity index (χ0n) is 14.5. The highest BCUT2D eigenvalue weighted by molar-refractivity contribution is 5.64. The van der Waals surface area contributed by atoms with Crippen molar-refractivity contribution in [2.24, 2.45) is 7.05 Å².